The first-order chi connectivity index (χ1) is 13.2. The minimum absolute atomic E-state index is 0.0163. The second kappa shape index (κ2) is 8.61. The quantitative estimate of drug-likeness (QED) is 0.641. The van der Waals surface area contributed by atoms with Gasteiger partial charge in [0.2, 0.25) is 0 Å². The van der Waals surface area contributed by atoms with Gasteiger partial charge in [-0.1, -0.05) is 23.2 Å². The van der Waals surface area contributed by atoms with Gasteiger partial charge in [-0.15, -0.1) is 11.3 Å². The molecule has 1 amide bonds. The lowest BCUT2D eigenvalue weighted by molar-refractivity contribution is -0.140. The third-order valence-electron chi connectivity index (χ3n) is 4.76. The number of sulfone groups is 1. The maximum atomic E-state index is 13.2. The fraction of sp³-hybridized carbons (Fsp3) is 0.421. The molecule has 1 aliphatic heterocycles. The zero-order valence-corrected chi connectivity index (χ0v) is 18.7. The molecule has 0 saturated carbocycles. The second-order valence-corrected chi connectivity index (χ2v) is 11.0. The molecule has 2 heterocycles. The molecule has 1 aromatic heterocycles. The average Bonchev–Trinajstić information content (AvgIpc) is 3.19. The van der Waals surface area contributed by atoms with Crippen LogP contribution >= 0.6 is 34.5 Å². The van der Waals surface area contributed by atoms with Crippen LogP contribution in [0.4, 0.5) is 0 Å². The molecule has 152 valence electrons. The number of carbonyl (C=O) groups excluding carboxylic acids is 1. The maximum absolute atomic E-state index is 13.2. The number of amides is 1. The molecule has 3 rings (SSSR count). The van der Waals surface area contributed by atoms with E-state index in [-0.39, 0.29) is 23.5 Å². The van der Waals surface area contributed by atoms with Gasteiger partial charge in [0, 0.05) is 15.9 Å². The number of thiophene rings is 1. The highest BCUT2D eigenvalue weighted by Crippen LogP contribution is 2.30. The lowest BCUT2D eigenvalue weighted by Gasteiger charge is -2.31. The van der Waals surface area contributed by atoms with Gasteiger partial charge in [0.1, 0.15) is 5.75 Å². The number of nitrogens with zero attached hydrogens (tertiary/aromatic N) is 1. The predicted molar refractivity (Wildman–Crippen MR) is 113 cm³/mol. The summed E-state index contributed by atoms with van der Waals surface area (Å²) in [6.07, 6.45) is -0.380. The van der Waals surface area contributed by atoms with Crippen LogP contribution in [0.5, 0.6) is 5.75 Å². The van der Waals surface area contributed by atoms with E-state index in [4.69, 9.17) is 27.9 Å². The van der Waals surface area contributed by atoms with Gasteiger partial charge in [-0.2, -0.15) is 0 Å². The number of benzene rings is 1. The largest absolute Gasteiger partial charge is 0.479 e. The van der Waals surface area contributed by atoms with Crippen LogP contribution in [0.3, 0.4) is 0 Å². The minimum atomic E-state index is -3.13. The van der Waals surface area contributed by atoms with Crippen molar-refractivity contribution in [2.45, 2.75) is 39.0 Å². The molecule has 1 aliphatic rings. The Hall–Kier alpha value is -1.28. The number of hydrogen-bond acceptors (Lipinski definition) is 5. The molecule has 28 heavy (non-hydrogen) atoms. The van der Waals surface area contributed by atoms with Crippen molar-refractivity contribution in [3.63, 3.8) is 0 Å². The van der Waals surface area contributed by atoms with E-state index in [2.05, 4.69) is 0 Å². The monoisotopic (exact) mass is 461 g/mol. The Morgan fingerprint density at radius 3 is 2.68 bits per heavy atom. The highest BCUT2D eigenvalue weighted by molar-refractivity contribution is 7.91. The molecule has 0 bridgehead atoms. The normalized spacial score (nSPS) is 19.4. The van der Waals surface area contributed by atoms with E-state index in [1.807, 2.05) is 18.4 Å². The number of ether oxygens (including phenoxy) is 1. The molecule has 1 aromatic carbocycles. The Kier molecular flexibility index (Phi) is 6.59. The van der Waals surface area contributed by atoms with Crippen LogP contribution in [-0.2, 0) is 21.2 Å². The molecule has 2 aromatic rings. The fourth-order valence-corrected chi connectivity index (χ4v) is 6.26. The zero-order chi connectivity index (χ0) is 20.5. The van der Waals surface area contributed by atoms with Crippen molar-refractivity contribution in [1.82, 2.24) is 4.90 Å². The molecule has 0 radical (unpaired) electrons. The summed E-state index contributed by atoms with van der Waals surface area (Å²) in [7, 11) is -3.13. The maximum Gasteiger partial charge on any atom is 0.263 e. The number of rotatable bonds is 6. The average molecular weight is 462 g/mol. The highest BCUT2D eigenvalue weighted by atomic mass is 35.5. The summed E-state index contributed by atoms with van der Waals surface area (Å²) in [5.41, 5.74) is 1.08. The van der Waals surface area contributed by atoms with E-state index < -0.39 is 15.9 Å². The first kappa shape index (κ1) is 21.4. The van der Waals surface area contributed by atoms with Crippen LogP contribution < -0.4 is 4.74 Å². The number of halogens is 2. The van der Waals surface area contributed by atoms with Gasteiger partial charge >= 0.3 is 0 Å². The van der Waals surface area contributed by atoms with E-state index in [1.165, 1.54) is 0 Å². The van der Waals surface area contributed by atoms with Crippen LogP contribution in [0.25, 0.3) is 0 Å². The molecule has 0 N–H and O–H groups in total. The summed E-state index contributed by atoms with van der Waals surface area (Å²) < 4.78 is 29.7. The van der Waals surface area contributed by atoms with Crippen molar-refractivity contribution in [3.05, 3.63) is 50.1 Å². The van der Waals surface area contributed by atoms with Gasteiger partial charge in [-0.05, 0) is 55.5 Å². The van der Waals surface area contributed by atoms with E-state index in [9.17, 15) is 13.2 Å². The summed E-state index contributed by atoms with van der Waals surface area (Å²) in [6, 6.07) is 6.43. The zero-order valence-electron chi connectivity index (χ0n) is 15.5. The number of aryl methyl sites for hydroxylation is 1. The van der Waals surface area contributed by atoms with Gasteiger partial charge < -0.3 is 9.64 Å². The smallest absolute Gasteiger partial charge is 0.263 e. The SMILES string of the molecule is Cc1ccsc1CN(C(=O)[C@@H](C)Oc1ccc(Cl)cc1Cl)[C@@H]1CCS(=O)(=O)C1. The van der Waals surface area contributed by atoms with Crippen molar-refractivity contribution in [3.8, 4) is 5.75 Å². The lowest BCUT2D eigenvalue weighted by atomic mass is 10.1. The highest BCUT2D eigenvalue weighted by Gasteiger charge is 2.37. The van der Waals surface area contributed by atoms with E-state index in [0.717, 1.165) is 10.4 Å². The first-order valence-electron chi connectivity index (χ1n) is 8.82. The Bertz CT molecular complexity index is 974. The molecule has 1 fully saturated rings. The molecular weight excluding hydrogens is 441 g/mol. The van der Waals surface area contributed by atoms with Gasteiger partial charge in [-0.3, -0.25) is 4.79 Å². The van der Waals surface area contributed by atoms with Crippen LogP contribution in [0, 0.1) is 6.92 Å². The van der Waals surface area contributed by atoms with Crippen molar-refractivity contribution >= 4 is 50.3 Å². The van der Waals surface area contributed by atoms with Gasteiger partial charge in [0.05, 0.1) is 23.1 Å². The molecule has 0 aliphatic carbocycles. The summed E-state index contributed by atoms with van der Waals surface area (Å²) in [5, 5.41) is 2.75. The first-order valence-corrected chi connectivity index (χ1v) is 12.3. The molecular formula is C19H21Cl2NO4S2. The summed E-state index contributed by atoms with van der Waals surface area (Å²) in [5.74, 6) is 0.180. The Morgan fingerprint density at radius 1 is 1.36 bits per heavy atom. The van der Waals surface area contributed by atoms with Crippen molar-refractivity contribution in [2.24, 2.45) is 0 Å². The summed E-state index contributed by atoms with van der Waals surface area (Å²) >= 11 is 13.6. The summed E-state index contributed by atoms with van der Waals surface area (Å²) in [4.78, 5) is 15.9. The van der Waals surface area contributed by atoms with Crippen LogP contribution in [-0.4, -0.2) is 42.9 Å². The number of hydrogen-bond donors (Lipinski definition) is 0. The van der Waals surface area contributed by atoms with E-state index >= 15 is 0 Å². The minimum Gasteiger partial charge on any atom is -0.479 e. The van der Waals surface area contributed by atoms with Crippen molar-refractivity contribution in [2.75, 3.05) is 11.5 Å². The van der Waals surface area contributed by atoms with E-state index in [1.54, 1.807) is 41.4 Å². The van der Waals surface area contributed by atoms with Crippen LogP contribution in [0.2, 0.25) is 10.0 Å². The van der Waals surface area contributed by atoms with Crippen LogP contribution in [0.15, 0.2) is 29.6 Å². The molecule has 9 heteroatoms. The third kappa shape index (κ3) is 5.00. The topological polar surface area (TPSA) is 63.7 Å². The van der Waals surface area contributed by atoms with Crippen molar-refractivity contribution < 1.29 is 17.9 Å². The molecule has 1 saturated heterocycles. The lowest BCUT2D eigenvalue weighted by Crippen LogP contribution is -2.46. The van der Waals surface area contributed by atoms with Crippen LogP contribution in [0.1, 0.15) is 23.8 Å². The van der Waals surface area contributed by atoms with E-state index in [0.29, 0.717) is 28.8 Å². The van der Waals surface area contributed by atoms with Gasteiger partial charge in [0.25, 0.3) is 5.91 Å². The Labute approximate surface area is 179 Å². The number of carbonyl (C=O) groups is 1. The molecule has 2 atom stereocenters. The second-order valence-electron chi connectivity index (χ2n) is 6.88. The fourth-order valence-electron chi connectivity index (χ4n) is 3.17. The van der Waals surface area contributed by atoms with Crippen molar-refractivity contribution in [1.29, 1.82) is 0 Å². The Balaban J connectivity index is 1.81. The molecule has 0 unspecified atom stereocenters. The van der Waals surface area contributed by atoms with Gasteiger partial charge in [-0.25, -0.2) is 8.42 Å². The summed E-state index contributed by atoms with van der Waals surface area (Å²) in [6.45, 7) is 3.99. The Morgan fingerprint density at radius 2 is 2.11 bits per heavy atom. The predicted octanol–water partition coefficient (Wildman–Crippen LogP) is 4.35. The standard InChI is InChI=1S/C19H21Cl2NO4S2/c1-12-5-7-27-18(12)10-22(15-6-8-28(24,25)11-15)19(23)13(2)26-17-4-3-14(20)9-16(17)21/h3-5,7,9,13,15H,6,8,10-11H2,1-2H3/t13-,15-/m1/s1. The molecule has 5 nitrogen and oxygen atoms in total. The van der Waals surface area contributed by atoms with Gasteiger partial charge in [0.15, 0.2) is 15.9 Å². The molecule has 0 spiro atoms. The third-order valence-corrected chi connectivity index (χ3v) is 8.05.